The van der Waals surface area contributed by atoms with E-state index in [0.29, 0.717) is 0 Å². The van der Waals surface area contributed by atoms with E-state index < -0.39 is 0 Å². The van der Waals surface area contributed by atoms with Crippen LogP contribution in [0.5, 0.6) is 5.75 Å². The predicted octanol–water partition coefficient (Wildman–Crippen LogP) is 2.72. The van der Waals surface area contributed by atoms with Crippen molar-refractivity contribution in [3.63, 3.8) is 0 Å². The minimum absolute atomic E-state index is 0.0117. The first-order valence-corrected chi connectivity index (χ1v) is 10.00. The summed E-state index contributed by atoms with van der Waals surface area (Å²) in [5.74, 6) is 1.75. The van der Waals surface area contributed by atoms with Crippen molar-refractivity contribution in [2.75, 3.05) is 39.8 Å². The third-order valence-electron chi connectivity index (χ3n) is 5.77. The van der Waals surface area contributed by atoms with Crippen LogP contribution in [0.3, 0.4) is 0 Å². The summed E-state index contributed by atoms with van der Waals surface area (Å²) in [5, 5.41) is 12.9. The predicted molar refractivity (Wildman–Crippen MR) is 110 cm³/mol. The van der Waals surface area contributed by atoms with E-state index in [0.717, 1.165) is 50.7 Å². The SMILES string of the molecule is C=CCN1CCN(C(c2ccc(OC)cc2)c2nnnn2C(C)(C)CC)CC1. The summed E-state index contributed by atoms with van der Waals surface area (Å²) in [7, 11) is 1.69. The highest BCUT2D eigenvalue weighted by atomic mass is 16.5. The summed E-state index contributed by atoms with van der Waals surface area (Å²) < 4.78 is 7.34. The van der Waals surface area contributed by atoms with Crippen LogP contribution in [0.2, 0.25) is 0 Å². The highest BCUT2D eigenvalue weighted by Crippen LogP contribution is 2.32. The standard InChI is InChI=1S/C21H32N6O/c1-6-12-25-13-15-26(16-14-25)19(17-8-10-18(28-5)11-9-17)20-22-23-24-27(20)21(3,4)7-2/h6,8-11,19H,1,7,12-16H2,2-5H3. The van der Waals surface area contributed by atoms with Gasteiger partial charge in [0.25, 0.3) is 0 Å². The minimum atomic E-state index is -0.145. The molecule has 2 heterocycles. The third-order valence-corrected chi connectivity index (χ3v) is 5.77. The maximum absolute atomic E-state index is 5.35. The van der Waals surface area contributed by atoms with Crippen LogP contribution in [0, 0.1) is 0 Å². The Balaban J connectivity index is 1.96. The van der Waals surface area contributed by atoms with Crippen LogP contribution >= 0.6 is 0 Å². The highest BCUT2D eigenvalue weighted by molar-refractivity contribution is 5.32. The molecule has 152 valence electrons. The smallest absolute Gasteiger partial charge is 0.173 e. The van der Waals surface area contributed by atoms with Gasteiger partial charge in [0.05, 0.1) is 18.7 Å². The van der Waals surface area contributed by atoms with Crippen molar-refractivity contribution in [3.8, 4) is 5.75 Å². The lowest BCUT2D eigenvalue weighted by molar-refractivity contribution is 0.109. The van der Waals surface area contributed by atoms with E-state index >= 15 is 0 Å². The molecule has 28 heavy (non-hydrogen) atoms. The number of nitrogens with zero attached hydrogens (tertiary/aromatic N) is 6. The molecule has 1 saturated heterocycles. The Morgan fingerprint density at radius 2 is 1.86 bits per heavy atom. The molecule has 1 aromatic heterocycles. The Bertz CT molecular complexity index is 761. The van der Waals surface area contributed by atoms with Gasteiger partial charge in [-0.25, -0.2) is 4.68 Å². The molecule has 0 spiro atoms. The van der Waals surface area contributed by atoms with Crippen LogP contribution in [0.25, 0.3) is 0 Å². The number of piperazine rings is 1. The number of tetrazole rings is 1. The van der Waals surface area contributed by atoms with Gasteiger partial charge < -0.3 is 4.74 Å². The zero-order valence-electron chi connectivity index (χ0n) is 17.5. The summed E-state index contributed by atoms with van der Waals surface area (Å²) >= 11 is 0. The van der Waals surface area contributed by atoms with Crippen molar-refractivity contribution < 1.29 is 4.74 Å². The van der Waals surface area contributed by atoms with Gasteiger partial charge in [0.1, 0.15) is 5.75 Å². The lowest BCUT2D eigenvalue weighted by atomic mass is 9.99. The van der Waals surface area contributed by atoms with E-state index in [-0.39, 0.29) is 11.6 Å². The highest BCUT2D eigenvalue weighted by Gasteiger charge is 2.33. The molecule has 7 nitrogen and oxygen atoms in total. The maximum atomic E-state index is 5.35. The summed E-state index contributed by atoms with van der Waals surface area (Å²) in [6.45, 7) is 15.3. The fourth-order valence-electron chi connectivity index (χ4n) is 3.64. The van der Waals surface area contributed by atoms with Crippen LogP contribution in [0.1, 0.15) is 44.6 Å². The van der Waals surface area contributed by atoms with Crippen LogP contribution in [0.4, 0.5) is 0 Å². The topological polar surface area (TPSA) is 59.3 Å². The molecule has 1 atom stereocenters. The second kappa shape index (κ2) is 8.84. The average Bonchev–Trinajstić information content (AvgIpc) is 3.20. The van der Waals surface area contributed by atoms with Gasteiger partial charge in [0.15, 0.2) is 5.82 Å². The fraction of sp³-hybridized carbons (Fsp3) is 0.571. The Morgan fingerprint density at radius 3 is 2.43 bits per heavy atom. The first kappa shape index (κ1) is 20.5. The van der Waals surface area contributed by atoms with E-state index in [1.807, 2.05) is 22.9 Å². The van der Waals surface area contributed by atoms with Gasteiger partial charge in [0, 0.05) is 32.7 Å². The van der Waals surface area contributed by atoms with Gasteiger partial charge in [-0.3, -0.25) is 9.80 Å². The molecule has 1 unspecified atom stereocenters. The summed E-state index contributed by atoms with van der Waals surface area (Å²) in [5.41, 5.74) is 1.04. The van der Waals surface area contributed by atoms with Crippen molar-refractivity contribution >= 4 is 0 Å². The zero-order valence-corrected chi connectivity index (χ0v) is 17.5. The van der Waals surface area contributed by atoms with E-state index in [4.69, 9.17) is 4.74 Å². The summed E-state index contributed by atoms with van der Waals surface area (Å²) in [6, 6.07) is 8.28. The quantitative estimate of drug-likeness (QED) is 0.652. The number of methoxy groups -OCH3 is 1. The van der Waals surface area contributed by atoms with Crippen molar-refractivity contribution in [2.24, 2.45) is 0 Å². The van der Waals surface area contributed by atoms with Crippen molar-refractivity contribution in [2.45, 2.75) is 38.8 Å². The maximum Gasteiger partial charge on any atom is 0.173 e. The molecule has 0 bridgehead atoms. The van der Waals surface area contributed by atoms with Gasteiger partial charge in [0.2, 0.25) is 0 Å². The molecule has 3 rings (SSSR count). The average molecular weight is 385 g/mol. The molecule has 0 aliphatic carbocycles. The molecule has 0 N–H and O–H groups in total. The Hall–Kier alpha value is -2.25. The Morgan fingerprint density at radius 1 is 1.18 bits per heavy atom. The molecule has 1 aromatic carbocycles. The number of ether oxygens (including phenoxy) is 1. The van der Waals surface area contributed by atoms with E-state index in [1.54, 1.807) is 7.11 Å². The van der Waals surface area contributed by atoms with Crippen LogP contribution < -0.4 is 4.74 Å². The van der Waals surface area contributed by atoms with Crippen molar-refractivity contribution in [1.29, 1.82) is 0 Å². The molecule has 1 fully saturated rings. The van der Waals surface area contributed by atoms with Gasteiger partial charge in [-0.05, 0) is 48.4 Å². The molecule has 1 aliphatic rings. The van der Waals surface area contributed by atoms with Gasteiger partial charge in [-0.15, -0.1) is 11.7 Å². The van der Waals surface area contributed by atoms with E-state index in [1.165, 1.54) is 5.56 Å². The third kappa shape index (κ3) is 4.25. The number of benzene rings is 1. The van der Waals surface area contributed by atoms with E-state index in [9.17, 15) is 0 Å². The molecular formula is C21H32N6O. The lowest BCUT2D eigenvalue weighted by Crippen LogP contribution is -2.48. The Kier molecular flexibility index (Phi) is 6.46. The second-order valence-corrected chi connectivity index (χ2v) is 7.92. The number of hydrogen-bond acceptors (Lipinski definition) is 6. The summed E-state index contributed by atoms with van der Waals surface area (Å²) in [4.78, 5) is 4.91. The monoisotopic (exact) mass is 384 g/mol. The minimum Gasteiger partial charge on any atom is -0.497 e. The van der Waals surface area contributed by atoms with Crippen LogP contribution in [0.15, 0.2) is 36.9 Å². The second-order valence-electron chi connectivity index (χ2n) is 7.92. The molecule has 0 saturated carbocycles. The molecular weight excluding hydrogens is 352 g/mol. The molecule has 1 aliphatic heterocycles. The normalized spacial score (nSPS) is 17.4. The van der Waals surface area contributed by atoms with E-state index in [2.05, 4.69) is 64.8 Å². The first-order valence-electron chi connectivity index (χ1n) is 10.00. The molecule has 0 amide bonds. The molecule has 2 aromatic rings. The van der Waals surface area contributed by atoms with Crippen LogP contribution in [-0.4, -0.2) is 69.8 Å². The number of hydrogen-bond donors (Lipinski definition) is 0. The van der Waals surface area contributed by atoms with Gasteiger partial charge in [-0.1, -0.05) is 25.1 Å². The molecule has 7 heteroatoms. The lowest BCUT2D eigenvalue weighted by Gasteiger charge is -2.39. The summed E-state index contributed by atoms with van der Waals surface area (Å²) in [6.07, 6.45) is 2.93. The Labute approximate surface area is 168 Å². The molecule has 0 radical (unpaired) electrons. The number of aromatic nitrogens is 4. The first-order chi connectivity index (χ1) is 13.5. The fourth-order valence-corrected chi connectivity index (χ4v) is 3.64. The van der Waals surface area contributed by atoms with Crippen LogP contribution in [-0.2, 0) is 5.54 Å². The number of rotatable bonds is 8. The largest absolute Gasteiger partial charge is 0.497 e. The van der Waals surface area contributed by atoms with Crippen molar-refractivity contribution in [3.05, 3.63) is 48.3 Å². The van der Waals surface area contributed by atoms with Gasteiger partial charge >= 0.3 is 0 Å². The zero-order chi connectivity index (χ0) is 20.1. The van der Waals surface area contributed by atoms with Crippen molar-refractivity contribution in [1.82, 2.24) is 30.0 Å². The van der Waals surface area contributed by atoms with Gasteiger partial charge in [-0.2, -0.15) is 0 Å².